The average molecular weight is 432 g/mol. The van der Waals surface area contributed by atoms with Gasteiger partial charge < -0.3 is 9.88 Å². The van der Waals surface area contributed by atoms with Crippen molar-refractivity contribution in [3.63, 3.8) is 0 Å². The molecule has 0 spiro atoms. The first-order chi connectivity index (χ1) is 13.8. The fraction of sp³-hybridized carbons (Fsp3) is 0.333. The molecule has 3 aromatic rings. The van der Waals surface area contributed by atoms with Crippen LogP contribution in [-0.2, 0) is 23.1 Å². The predicted octanol–water partition coefficient (Wildman–Crippen LogP) is 2.50. The molecule has 0 atom stereocenters. The van der Waals surface area contributed by atoms with Crippen molar-refractivity contribution in [3.8, 4) is 0 Å². The first-order valence-corrected chi connectivity index (χ1v) is 10.6. The summed E-state index contributed by atoms with van der Waals surface area (Å²) < 4.78 is 1.72. The van der Waals surface area contributed by atoms with Crippen molar-refractivity contribution in [3.05, 3.63) is 40.2 Å². The Morgan fingerprint density at radius 3 is 2.52 bits per heavy atom. The van der Waals surface area contributed by atoms with Gasteiger partial charge in [0.1, 0.15) is 10.8 Å². The topological polar surface area (TPSA) is 115 Å². The van der Waals surface area contributed by atoms with Gasteiger partial charge in [0.25, 0.3) is 0 Å². The smallest absolute Gasteiger partial charge is 0.236 e. The third kappa shape index (κ3) is 5.61. The summed E-state index contributed by atoms with van der Waals surface area (Å²) in [6, 6.07) is 5.77. The number of carbonyl (C=O) groups is 2. The van der Waals surface area contributed by atoms with Crippen LogP contribution in [-0.4, -0.2) is 42.5 Å². The maximum atomic E-state index is 12.3. The first-order valence-electron chi connectivity index (χ1n) is 8.80. The van der Waals surface area contributed by atoms with Gasteiger partial charge >= 0.3 is 0 Å². The van der Waals surface area contributed by atoms with Crippen LogP contribution in [0.4, 0.5) is 10.8 Å². The van der Waals surface area contributed by atoms with Gasteiger partial charge in [-0.15, -0.1) is 20.4 Å². The lowest BCUT2D eigenvalue weighted by Crippen LogP contribution is -2.17. The highest BCUT2D eigenvalue weighted by molar-refractivity contribution is 7.99. The second-order valence-electron chi connectivity index (χ2n) is 6.44. The van der Waals surface area contributed by atoms with Gasteiger partial charge in [-0.1, -0.05) is 29.2 Å². The van der Waals surface area contributed by atoms with Gasteiger partial charge in [-0.05, 0) is 44.0 Å². The SMILES string of the molecule is Cc1nnc(NC(=O)CSc2nnc(CC(=O)Nc3ccc(C)c(C)c3)n2C)s1. The summed E-state index contributed by atoms with van der Waals surface area (Å²) in [6.45, 7) is 5.84. The van der Waals surface area contributed by atoms with Crippen molar-refractivity contribution in [2.45, 2.75) is 32.3 Å². The van der Waals surface area contributed by atoms with Gasteiger partial charge in [-0.25, -0.2) is 0 Å². The molecule has 29 heavy (non-hydrogen) atoms. The van der Waals surface area contributed by atoms with Crippen LogP contribution in [0.25, 0.3) is 0 Å². The highest BCUT2D eigenvalue weighted by Gasteiger charge is 2.15. The molecule has 2 aromatic heterocycles. The van der Waals surface area contributed by atoms with E-state index in [-0.39, 0.29) is 24.0 Å². The van der Waals surface area contributed by atoms with Crippen LogP contribution in [0.5, 0.6) is 0 Å². The van der Waals surface area contributed by atoms with E-state index in [1.54, 1.807) is 11.6 Å². The van der Waals surface area contributed by atoms with E-state index in [4.69, 9.17) is 0 Å². The van der Waals surface area contributed by atoms with Crippen molar-refractivity contribution >= 4 is 45.7 Å². The van der Waals surface area contributed by atoms with Crippen LogP contribution < -0.4 is 10.6 Å². The molecule has 9 nitrogen and oxygen atoms in total. The Labute approximate surface area is 176 Å². The van der Waals surface area contributed by atoms with Crippen LogP contribution in [0.15, 0.2) is 23.4 Å². The third-order valence-corrected chi connectivity index (χ3v) is 5.91. The van der Waals surface area contributed by atoms with Gasteiger partial charge in [0.2, 0.25) is 16.9 Å². The molecule has 0 radical (unpaired) electrons. The second kappa shape index (κ2) is 9.14. The van der Waals surface area contributed by atoms with E-state index in [2.05, 4.69) is 31.0 Å². The monoisotopic (exact) mass is 431 g/mol. The third-order valence-electron chi connectivity index (χ3n) is 4.14. The summed E-state index contributed by atoms with van der Waals surface area (Å²) in [6.07, 6.45) is 0.0905. The number of thioether (sulfide) groups is 1. The number of aryl methyl sites for hydroxylation is 3. The fourth-order valence-corrected chi connectivity index (χ4v) is 3.76. The van der Waals surface area contributed by atoms with Gasteiger partial charge in [0, 0.05) is 12.7 Å². The first kappa shape index (κ1) is 20.9. The lowest BCUT2D eigenvalue weighted by molar-refractivity contribution is -0.116. The average Bonchev–Trinajstić information content (AvgIpc) is 3.22. The maximum Gasteiger partial charge on any atom is 0.236 e. The summed E-state index contributed by atoms with van der Waals surface area (Å²) in [5, 5.41) is 23.2. The normalized spacial score (nSPS) is 10.8. The van der Waals surface area contributed by atoms with E-state index in [1.807, 2.05) is 39.0 Å². The highest BCUT2D eigenvalue weighted by Crippen LogP contribution is 2.19. The number of anilines is 2. The Kier molecular flexibility index (Phi) is 6.60. The lowest BCUT2D eigenvalue weighted by atomic mass is 10.1. The minimum atomic E-state index is -0.205. The Morgan fingerprint density at radius 1 is 1.03 bits per heavy atom. The van der Waals surface area contributed by atoms with Crippen molar-refractivity contribution in [2.75, 3.05) is 16.4 Å². The minimum Gasteiger partial charge on any atom is -0.326 e. The van der Waals surface area contributed by atoms with Crippen LogP contribution >= 0.6 is 23.1 Å². The molecule has 0 saturated heterocycles. The van der Waals surface area contributed by atoms with E-state index in [0.717, 1.165) is 16.3 Å². The van der Waals surface area contributed by atoms with Gasteiger partial charge in [-0.2, -0.15) is 0 Å². The molecular weight excluding hydrogens is 410 g/mol. The number of rotatable bonds is 7. The molecule has 0 aliphatic rings. The Bertz CT molecular complexity index is 1040. The highest BCUT2D eigenvalue weighted by atomic mass is 32.2. The van der Waals surface area contributed by atoms with E-state index in [9.17, 15) is 9.59 Å². The van der Waals surface area contributed by atoms with E-state index in [1.165, 1.54) is 28.7 Å². The zero-order chi connectivity index (χ0) is 21.0. The number of amides is 2. The molecule has 0 unspecified atom stereocenters. The molecule has 2 heterocycles. The van der Waals surface area contributed by atoms with E-state index >= 15 is 0 Å². The molecule has 0 saturated carbocycles. The Morgan fingerprint density at radius 2 is 1.83 bits per heavy atom. The molecule has 0 aliphatic carbocycles. The Hall–Kier alpha value is -2.79. The standard InChI is InChI=1S/C18H21N7O2S2/c1-10-5-6-13(7-11(10)2)19-15(26)8-14-22-24-18(25(14)4)28-9-16(27)20-17-23-21-12(3)29-17/h5-7H,8-9H2,1-4H3,(H,19,26)(H,20,23,27). The number of nitrogens with zero attached hydrogens (tertiary/aromatic N) is 5. The van der Waals surface area contributed by atoms with Crippen molar-refractivity contribution in [2.24, 2.45) is 7.05 Å². The van der Waals surface area contributed by atoms with Crippen molar-refractivity contribution < 1.29 is 9.59 Å². The van der Waals surface area contributed by atoms with Crippen molar-refractivity contribution in [1.82, 2.24) is 25.0 Å². The molecule has 152 valence electrons. The summed E-state index contributed by atoms with van der Waals surface area (Å²) >= 11 is 2.55. The van der Waals surface area contributed by atoms with Gasteiger partial charge in [-0.3, -0.25) is 14.9 Å². The van der Waals surface area contributed by atoms with Crippen LogP contribution in [0, 0.1) is 20.8 Å². The summed E-state index contributed by atoms with van der Waals surface area (Å²) in [5.41, 5.74) is 3.03. The van der Waals surface area contributed by atoms with Crippen LogP contribution in [0.1, 0.15) is 22.0 Å². The fourth-order valence-electron chi connectivity index (χ4n) is 2.43. The van der Waals surface area contributed by atoms with E-state index < -0.39 is 0 Å². The summed E-state index contributed by atoms with van der Waals surface area (Å²) in [4.78, 5) is 24.4. The van der Waals surface area contributed by atoms with Crippen LogP contribution in [0.2, 0.25) is 0 Å². The Balaban J connectivity index is 1.53. The quantitative estimate of drug-likeness (QED) is 0.552. The molecule has 3 rings (SSSR count). The second-order valence-corrected chi connectivity index (χ2v) is 8.57. The molecule has 2 amide bonds. The predicted molar refractivity (Wildman–Crippen MR) is 113 cm³/mol. The molecular formula is C18H21N7O2S2. The zero-order valence-corrected chi connectivity index (χ0v) is 18.1. The van der Waals surface area contributed by atoms with Crippen molar-refractivity contribution in [1.29, 1.82) is 0 Å². The molecule has 1 aromatic carbocycles. The van der Waals surface area contributed by atoms with E-state index in [0.29, 0.717) is 16.1 Å². The molecule has 0 aliphatic heterocycles. The number of benzene rings is 1. The molecule has 0 bridgehead atoms. The summed E-state index contributed by atoms with van der Waals surface area (Å²) in [5.74, 6) is 0.293. The molecule has 2 N–H and O–H groups in total. The number of hydrogen-bond donors (Lipinski definition) is 2. The van der Waals surface area contributed by atoms with Gasteiger partial charge in [0.05, 0.1) is 12.2 Å². The minimum absolute atomic E-state index is 0.0905. The lowest BCUT2D eigenvalue weighted by Gasteiger charge is -2.08. The maximum absolute atomic E-state index is 12.3. The number of carbonyl (C=O) groups excluding carboxylic acids is 2. The van der Waals surface area contributed by atoms with Crippen LogP contribution in [0.3, 0.4) is 0 Å². The molecule has 11 heteroatoms. The number of hydrogen-bond acceptors (Lipinski definition) is 8. The number of aromatic nitrogens is 5. The number of nitrogens with one attached hydrogen (secondary N) is 2. The largest absolute Gasteiger partial charge is 0.326 e. The zero-order valence-electron chi connectivity index (χ0n) is 16.5. The summed E-state index contributed by atoms with van der Waals surface area (Å²) in [7, 11) is 1.77. The molecule has 0 fully saturated rings. The van der Waals surface area contributed by atoms with Gasteiger partial charge in [0.15, 0.2) is 5.16 Å².